The van der Waals surface area contributed by atoms with Crippen molar-refractivity contribution in [2.75, 3.05) is 7.05 Å². The van der Waals surface area contributed by atoms with E-state index in [9.17, 15) is 0 Å². The van der Waals surface area contributed by atoms with Gasteiger partial charge in [-0.3, -0.25) is 21.4 Å². The van der Waals surface area contributed by atoms with Gasteiger partial charge in [-0.15, -0.1) is 0 Å². The van der Waals surface area contributed by atoms with Crippen molar-refractivity contribution in [2.24, 2.45) is 10.7 Å². The van der Waals surface area contributed by atoms with Crippen LogP contribution in [0.15, 0.2) is 145 Å². The van der Waals surface area contributed by atoms with Gasteiger partial charge < -0.3 is 0 Å². The predicted molar refractivity (Wildman–Crippen MR) is 180 cm³/mol. The number of aliphatic imine (C=N–C) groups is 1. The maximum atomic E-state index is 7.58. The average Bonchev–Trinajstić information content (AvgIpc) is 3.42. The summed E-state index contributed by atoms with van der Waals surface area (Å²) in [6.07, 6.45) is -0.991. The number of hydrogen-bond acceptors (Lipinski definition) is 4. The van der Waals surface area contributed by atoms with Gasteiger partial charge in [0.15, 0.2) is 11.4 Å². The Labute approximate surface area is 254 Å². The first-order chi connectivity index (χ1) is 21.2. The van der Waals surface area contributed by atoms with E-state index in [2.05, 4.69) is 124 Å². The fraction of sp³-hybridized carbons (Fsp3) is 0.162. The normalized spacial score (nSPS) is 14.7. The van der Waals surface area contributed by atoms with Crippen molar-refractivity contribution in [3.63, 3.8) is 0 Å². The highest BCUT2D eigenvalue weighted by atomic mass is 15.6. The Bertz CT molecular complexity index is 1700. The minimum Gasteiger partial charge on any atom is -0.292 e. The lowest BCUT2D eigenvalue weighted by molar-refractivity contribution is -0.908. The molecule has 0 radical (unpaired) electrons. The molecule has 4 unspecified atom stereocenters. The fourth-order valence-corrected chi connectivity index (χ4v) is 5.95. The summed E-state index contributed by atoms with van der Waals surface area (Å²) in [5.74, 6) is 0. The minimum atomic E-state index is -0.930. The SMILES string of the molecule is C=NC(NC(NC)(c1ccccc1)C(N)[NH+](c1ccccc1)n1c2ccccc2c2ccccc21)c1ccccc1.CC. The second-order valence-corrected chi connectivity index (χ2v) is 10.2. The molecule has 0 saturated carbocycles. The summed E-state index contributed by atoms with van der Waals surface area (Å²) >= 11 is 0. The molecular weight excluding hydrogens is 528 g/mol. The van der Waals surface area contributed by atoms with Crippen LogP contribution in [0.4, 0.5) is 5.69 Å². The number of nitrogens with zero attached hydrogens (tertiary/aromatic N) is 2. The molecule has 0 amide bonds. The first kappa shape index (κ1) is 29.9. The second kappa shape index (κ2) is 13.6. The molecule has 0 aliphatic carbocycles. The van der Waals surface area contributed by atoms with Crippen molar-refractivity contribution < 1.29 is 5.01 Å². The zero-order valence-electron chi connectivity index (χ0n) is 25.1. The fourth-order valence-electron chi connectivity index (χ4n) is 5.95. The van der Waals surface area contributed by atoms with E-state index in [1.807, 2.05) is 63.4 Å². The van der Waals surface area contributed by atoms with Crippen LogP contribution in [0.1, 0.15) is 31.1 Å². The quantitative estimate of drug-likeness (QED) is 0.118. The molecule has 4 atom stereocenters. The maximum absolute atomic E-state index is 7.58. The smallest absolute Gasteiger partial charge is 0.203 e. The number of hydrogen-bond donors (Lipinski definition) is 4. The third kappa shape index (κ3) is 5.61. The van der Waals surface area contributed by atoms with E-state index < -0.39 is 18.0 Å². The zero-order chi connectivity index (χ0) is 30.2. The number of quaternary nitrogens is 1. The average molecular weight is 570 g/mol. The second-order valence-electron chi connectivity index (χ2n) is 10.2. The van der Waals surface area contributed by atoms with Crippen molar-refractivity contribution in [1.29, 1.82) is 0 Å². The Kier molecular flexibility index (Phi) is 9.45. The van der Waals surface area contributed by atoms with E-state index in [4.69, 9.17) is 5.73 Å². The standard InChI is InChI=1S/C35H34N6.C2H6/c1-37-33(26-16-6-3-7-17-26)39-35(38-2,27-18-8-4-9-19-27)34(36)40(28-20-10-5-11-21-28)41-31-24-14-12-22-29(31)30-23-13-15-25-32(30)41;1-2/h3-25,33-34,38-39H,1,36H2,2H3;1-2H3/p+1. The van der Waals surface area contributed by atoms with E-state index >= 15 is 0 Å². The number of rotatable bonds is 10. The highest BCUT2D eigenvalue weighted by molar-refractivity contribution is 6.07. The summed E-state index contributed by atoms with van der Waals surface area (Å²) in [7, 11) is 1.94. The van der Waals surface area contributed by atoms with Gasteiger partial charge in [0.25, 0.3) is 0 Å². The summed E-state index contributed by atoms with van der Waals surface area (Å²) < 4.78 is 2.32. The highest BCUT2D eigenvalue weighted by Gasteiger charge is 2.47. The van der Waals surface area contributed by atoms with Crippen LogP contribution in [0.5, 0.6) is 0 Å². The van der Waals surface area contributed by atoms with E-state index in [0.29, 0.717) is 0 Å². The van der Waals surface area contributed by atoms with Crippen molar-refractivity contribution in [2.45, 2.75) is 31.8 Å². The molecule has 0 aliphatic rings. The van der Waals surface area contributed by atoms with Crippen molar-refractivity contribution in [1.82, 2.24) is 15.3 Å². The van der Waals surface area contributed by atoms with Gasteiger partial charge >= 0.3 is 0 Å². The van der Waals surface area contributed by atoms with Crippen LogP contribution in [0.3, 0.4) is 0 Å². The van der Waals surface area contributed by atoms with E-state index in [1.54, 1.807) is 0 Å². The first-order valence-electron chi connectivity index (χ1n) is 14.9. The van der Waals surface area contributed by atoms with Gasteiger partial charge in [0.05, 0.1) is 0 Å². The molecule has 6 nitrogen and oxygen atoms in total. The van der Waals surface area contributed by atoms with Crippen molar-refractivity contribution >= 4 is 34.2 Å². The number of para-hydroxylation sites is 3. The third-order valence-corrected chi connectivity index (χ3v) is 7.94. The molecule has 5 aromatic carbocycles. The van der Waals surface area contributed by atoms with Gasteiger partial charge in [-0.25, -0.2) is 0 Å². The Balaban J connectivity index is 0.00000180. The molecule has 0 aliphatic heterocycles. The Morgan fingerprint density at radius 1 is 0.698 bits per heavy atom. The van der Waals surface area contributed by atoms with E-state index in [1.165, 1.54) is 10.8 Å². The minimum absolute atomic E-state index is 0.412. The molecule has 6 aromatic rings. The van der Waals surface area contributed by atoms with Crippen LogP contribution in [-0.2, 0) is 5.66 Å². The molecule has 5 N–H and O–H groups in total. The van der Waals surface area contributed by atoms with Gasteiger partial charge in [-0.05, 0) is 37.0 Å². The van der Waals surface area contributed by atoms with Gasteiger partial charge in [0.2, 0.25) is 6.17 Å². The van der Waals surface area contributed by atoms with E-state index in [-0.39, 0.29) is 0 Å². The lowest BCUT2D eigenvalue weighted by Crippen LogP contribution is -3.18. The maximum Gasteiger partial charge on any atom is 0.203 e. The summed E-state index contributed by atoms with van der Waals surface area (Å²) in [4.78, 5) is 4.52. The monoisotopic (exact) mass is 569 g/mol. The Hall–Kier alpha value is -4.59. The molecule has 1 heterocycles. The summed E-state index contributed by atoms with van der Waals surface area (Å²) in [5.41, 5.74) is 11.9. The van der Waals surface area contributed by atoms with Crippen molar-refractivity contribution in [3.8, 4) is 0 Å². The number of fused-ring (bicyclic) bond motifs is 3. The summed E-state index contributed by atoms with van der Waals surface area (Å²) in [6, 6.07) is 47.9. The van der Waals surface area contributed by atoms with Crippen LogP contribution < -0.4 is 21.4 Å². The first-order valence-corrected chi connectivity index (χ1v) is 14.9. The zero-order valence-corrected chi connectivity index (χ0v) is 25.1. The van der Waals surface area contributed by atoms with Crippen LogP contribution in [0, 0.1) is 0 Å². The molecule has 0 saturated heterocycles. The van der Waals surface area contributed by atoms with Crippen LogP contribution in [-0.4, -0.2) is 24.6 Å². The third-order valence-electron chi connectivity index (χ3n) is 7.94. The topological polar surface area (TPSA) is 71.8 Å². The van der Waals surface area contributed by atoms with Gasteiger partial charge in [0.1, 0.15) is 17.2 Å². The number of aromatic nitrogens is 1. The highest BCUT2D eigenvalue weighted by Crippen LogP contribution is 2.29. The van der Waals surface area contributed by atoms with Crippen LogP contribution in [0.2, 0.25) is 0 Å². The molecule has 6 rings (SSSR count). The number of likely N-dealkylation sites (N-methyl/N-ethyl adjacent to an activating group) is 1. The summed E-state index contributed by atoms with van der Waals surface area (Å²) in [6.45, 7) is 7.95. The molecule has 0 fully saturated rings. The largest absolute Gasteiger partial charge is 0.292 e. The molecule has 0 bridgehead atoms. The van der Waals surface area contributed by atoms with Crippen LogP contribution in [0.25, 0.3) is 21.8 Å². The Morgan fingerprint density at radius 3 is 1.67 bits per heavy atom. The lowest BCUT2D eigenvalue weighted by Gasteiger charge is -2.43. The van der Waals surface area contributed by atoms with Gasteiger partial charge in [-0.2, -0.15) is 9.69 Å². The summed E-state index contributed by atoms with van der Waals surface area (Å²) in [5, 5.41) is 10.8. The number of nitrogens with one attached hydrogen (secondary N) is 3. The number of nitrogens with two attached hydrogens (primary N) is 1. The number of benzene rings is 5. The molecule has 0 spiro atoms. The van der Waals surface area contributed by atoms with Gasteiger partial charge in [-0.1, -0.05) is 129 Å². The van der Waals surface area contributed by atoms with E-state index in [0.717, 1.165) is 32.9 Å². The van der Waals surface area contributed by atoms with Crippen molar-refractivity contribution in [3.05, 3.63) is 151 Å². The Morgan fingerprint density at radius 2 is 1.16 bits per heavy atom. The van der Waals surface area contributed by atoms with Crippen LogP contribution >= 0.6 is 0 Å². The molecule has 218 valence electrons. The van der Waals surface area contributed by atoms with Gasteiger partial charge in [0, 0.05) is 22.9 Å². The molecule has 43 heavy (non-hydrogen) atoms. The molecule has 6 heteroatoms. The predicted octanol–water partition coefficient (Wildman–Crippen LogP) is 6.15. The lowest BCUT2D eigenvalue weighted by atomic mass is 9.94. The molecule has 1 aromatic heterocycles. The molecular formula is C37H41N6+.